The molecule has 1 saturated heterocycles. The third-order valence-corrected chi connectivity index (χ3v) is 3.02. The van der Waals surface area contributed by atoms with Gasteiger partial charge < -0.3 is 9.64 Å². The van der Waals surface area contributed by atoms with E-state index in [4.69, 9.17) is 10.00 Å². The highest BCUT2D eigenvalue weighted by atomic mass is 19.2. The molecule has 1 heterocycles. The Kier molecular flexibility index (Phi) is 3.25. The highest BCUT2D eigenvalue weighted by Gasteiger charge is 2.24. The van der Waals surface area contributed by atoms with Crippen LogP contribution in [0.4, 0.5) is 14.5 Å². The zero-order chi connectivity index (χ0) is 12.4. The minimum Gasteiger partial charge on any atom is -0.379 e. The summed E-state index contributed by atoms with van der Waals surface area (Å²) in [4.78, 5) is 1.66. The zero-order valence-corrected chi connectivity index (χ0v) is 9.41. The molecule has 1 fully saturated rings. The third-order valence-electron chi connectivity index (χ3n) is 3.02. The summed E-state index contributed by atoms with van der Waals surface area (Å²) < 4.78 is 32.4. The molecule has 0 aliphatic carbocycles. The molecular weight excluding hydrogens is 226 g/mol. The maximum atomic E-state index is 13.7. The van der Waals surface area contributed by atoms with Crippen molar-refractivity contribution in [1.82, 2.24) is 0 Å². The number of halogens is 2. The van der Waals surface area contributed by atoms with Gasteiger partial charge in [0.25, 0.3) is 0 Å². The molecule has 0 amide bonds. The maximum Gasteiger partial charge on any atom is 0.183 e. The Balaban J connectivity index is 2.33. The predicted molar refractivity (Wildman–Crippen MR) is 58.7 cm³/mol. The van der Waals surface area contributed by atoms with Crippen LogP contribution in [0.15, 0.2) is 12.1 Å². The topological polar surface area (TPSA) is 36.3 Å². The fraction of sp³-hybridized carbons (Fsp3) is 0.417. The van der Waals surface area contributed by atoms with Crippen LogP contribution in [0.1, 0.15) is 12.0 Å². The Morgan fingerprint density at radius 3 is 2.76 bits per heavy atom. The second-order valence-electron chi connectivity index (χ2n) is 4.00. The van der Waals surface area contributed by atoms with Crippen molar-refractivity contribution in [3.8, 4) is 6.07 Å². The number of ether oxygens (including phenoxy) is 1. The summed E-state index contributed by atoms with van der Waals surface area (Å²) in [5.74, 6) is -2.06. The second-order valence-corrected chi connectivity index (χ2v) is 4.00. The van der Waals surface area contributed by atoms with Crippen LogP contribution in [0.2, 0.25) is 0 Å². The Morgan fingerprint density at radius 2 is 2.18 bits per heavy atom. The summed E-state index contributed by atoms with van der Waals surface area (Å²) in [7, 11) is 1.70. The summed E-state index contributed by atoms with van der Waals surface area (Å²) in [6.07, 6.45) is 0.789. The average Bonchev–Trinajstić information content (AvgIpc) is 2.85. The van der Waals surface area contributed by atoms with Crippen molar-refractivity contribution < 1.29 is 13.5 Å². The molecule has 0 aromatic heterocycles. The van der Waals surface area contributed by atoms with E-state index < -0.39 is 11.6 Å². The van der Waals surface area contributed by atoms with Crippen LogP contribution >= 0.6 is 0 Å². The van der Waals surface area contributed by atoms with Gasteiger partial charge >= 0.3 is 0 Å². The van der Waals surface area contributed by atoms with Gasteiger partial charge in [0.1, 0.15) is 6.07 Å². The molecule has 5 heteroatoms. The van der Waals surface area contributed by atoms with Gasteiger partial charge in [-0.1, -0.05) is 0 Å². The van der Waals surface area contributed by atoms with E-state index in [2.05, 4.69) is 0 Å². The van der Waals surface area contributed by atoms with Gasteiger partial charge in [-0.15, -0.1) is 0 Å². The molecule has 0 saturated carbocycles. The van der Waals surface area contributed by atoms with Gasteiger partial charge in [0.15, 0.2) is 11.6 Å². The van der Waals surface area contributed by atoms with Crippen molar-refractivity contribution in [3.05, 3.63) is 29.3 Å². The standard InChI is InChI=1S/C12H12F2N2O/c1-16(9-4-5-17-7-9)10-3-2-8(6-15)11(13)12(10)14/h2-3,9H,4-5,7H2,1H3. The molecular formula is C12H12F2N2O. The van der Waals surface area contributed by atoms with E-state index in [9.17, 15) is 8.78 Å². The van der Waals surface area contributed by atoms with Gasteiger partial charge in [-0.05, 0) is 18.6 Å². The molecule has 0 bridgehead atoms. The smallest absolute Gasteiger partial charge is 0.183 e. The van der Waals surface area contributed by atoms with Crippen molar-refractivity contribution in [2.24, 2.45) is 0 Å². The Bertz CT molecular complexity index is 464. The number of hydrogen-bond donors (Lipinski definition) is 0. The first-order chi connectivity index (χ1) is 8.15. The number of hydrogen-bond acceptors (Lipinski definition) is 3. The maximum absolute atomic E-state index is 13.7. The lowest BCUT2D eigenvalue weighted by molar-refractivity contribution is 0.193. The summed E-state index contributed by atoms with van der Waals surface area (Å²) in [6, 6.07) is 4.38. The van der Waals surface area contributed by atoms with Crippen molar-refractivity contribution in [3.63, 3.8) is 0 Å². The first-order valence-electron chi connectivity index (χ1n) is 5.34. The molecule has 1 aliphatic rings. The van der Waals surface area contributed by atoms with E-state index in [1.807, 2.05) is 0 Å². The Labute approximate surface area is 98.2 Å². The molecule has 3 nitrogen and oxygen atoms in total. The molecule has 1 unspecified atom stereocenters. The van der Waals surface area contributed by atoms with E-state index in [-0.39, 0.29) is 17.3 Å². The minimum atomic E-state index is -1.09. The van der Waals surface area contributed by atoms with Crippen LogP contribution in [-0.2, 0) is 4.74 Å². The van der Waals surface area contributed by atoms with E-state index in [0.29, 0.717) is 13.2 Å². The summed E-state index contributed by atoms with van der Waals surface area (Å²) in [5.41, 5.74) is -0.112. The number of likely N-dealkylation sites (N-methyl/N-ethyl adjacent to an activating group) is 1. The van der Waals surface area contributed by atoms with E-state index in [1.54, 1.807) is 18.0 Å². The molecule has 0 radical (unpaired) electrons. The van der Waals surface area contributed by atoms with Gasteiger partial charge in [0.2, 0.25) is 0 Å². The molecule has 90 valence electrons. The van der Waals surface area contributed by atoms with Crippen LogP contribution in [0.5, 0.6) is 0 Å². The van der Waals surface area contributed by atoms with Crippen molar-refractivity contribution >= 4 is 5.69 Å². The van der Waals surface area contributed by atoms with Crippen molar-refractivity contribution in [2.45, 2.75) is 12.5 Å². The predicted octanol–water partition coefficient (Wildman–Crippen LogP) is 2.06. The normalized spacial score (nSPS) is 19.1. The van der Waals surface area contributed by atoms with Gasteiger partial charge in [0.05, 0.1) is 23.9 Å². The molecule has 1 aromatic rings. The van der Waals surface area contributed by atoms with Crippen LogP contribution in [-0.4, -0.2) is 26.3 Å². The Hall–Kier alpha value is -1.67. The molecule has 2 rings (SSSR count). The average molecular weight is 238 g/mol. The second kappa shape index (κ2) is 4.68. The quantitative estimate of drug-likeness (QED) is 0.791. The highest BCUT2D eigenvalue weighted by Crippen LogP contribution is 2.26. The molecule has 0 N–H and O–H groups in total. The molecule has 0 spiro atoms. The van der Waals surface area contributed by atoms with Gasteiger partial charge in [0, 0.05) is 13.7 Å². The summed E-state index contributed by atoms with van der Waals surface area (Å²) >= 11 is 0. The number of nitrogens with zero attached hydrogens (tertiary/aromatic N) is 2. The van der Waals surface area contributed by atoms with Gasteiger partial charge in [-0.25, -0.2) is 8.78 Å². The van der Waals surface area contributed by atoms with Gasteiger partial charge in [-0.2, -0.15) is 5.26 Å². The molecule has 17 heavy (non-hydrogen) atoms. The number of benzene rings is 1. The van der Waals surface area contributed by atoms with E-state index in [1.165, 1.54) is 12.1 Å². The third kappa shape index (κ3) is 2.08. The minimum absolute atomic E-state index is 0.0526. The highest BCUT2D eigenvalue weighted by molar-refractivity contribution is 5.52. The fourth-order valence-electron chi connectivity index (χ4n) is 1.92. The first-order valence-corrected chi connectivity index (χ1v) is 5.34. The van der Waals surface area contributed by atoms with Crippen LogP contribution in [0.3, 0.4) is 0 Å². The summed E-state index contributed by atoms with van der Waals surface area (Å²) in [5, 5.41) is 8.59. The summed E-state index contributed by atoms with van der Waals surface area (Å²) in [6.45, 7) is 1.15. The lowest BCUT2D eigenvalue weighted by atomic mass is 10.1. The number of nitriles is 1. The molecule has 1 aliphatic heterocycles. The Morgan fingerprint density at radius 1 is 1.41 bits per heavy atom. The number of anilines is 1. The fourth-order valence-corrected chi connectivity index (χ4v) is 1.92. The lowest BCUT2D eigenvalue weighted by Crippen LogP contribution is -2.32. The molecule has 1 aromatic carbocycles. The van der Waals surface area contributed by atoms with E-state index >= 15 is 0 Å². The number of rotatable bonds is 2. The van der Waals surface area contributed by atoms with E-state index in [0.717, 1.165) is 6.42 Å². The van der Waals surface area contributed by atoms with Crippen LogP contribution in [0, 0.1) is 23.0 Å². The zero-order valence-electron chi connectivity index (χ0n) is 9.41. The van der Waals surface area contributed by atoms with Crippen LogP contribution < -0.4 is 4.90 Å². The van der Waals surface area contributed by atoms with Crippen LogP contribution in [0.25, 0.3) is 0 Å². The monoisotopic (exact) mass is 238 g/mol. The first kappa shape index (κ1) is 11.8. The molecule has 1 atom stereocenters. The lowest BCUT2D eigenvalue weighted by Gasteiger charge is -2.25. The van der Waals surface area contributed by atoms with Crippen molar-refractivity contribution in [2.75, 3.05) is 25.2 Å². The largest absolute Gasteiger partial charge is 0.379 e. The SMILES string of the molecule is CN(c1ccc(C#N)c(F)c1F)C1CCOC1. The van der Waals surface area contributed by atoms with Crippen molar-refractivity contribution in [1.29, 1.82) is 5.26 Å². The van der Waals surface area contributed by atoms with Gasteiger partial charge in [-0.3, -0.25) is 0 Å².